The molecular weight excluding hydrogens is 504 g/mol. The molecule has 8 heteroatoms. The molecule has 0 radical (unpaired) electrons. The van der Waals surface area contributed by atoms with E-state index in [4.69, 9.17) is 4.74 Å². The molecule has 0 aromatic heterocycles. The van der Waals surface area contributed by atoms with Crippen LogP contribution in [0.25, 0.3) is 0 Å². The van der Waals surface area contributed by atoms with Gasteiger partial charge >= 0.3 is 0 Å². The summed E-state index contributed by atoms with van der Waals surface area (Å²) in [5.74, 6) is 0.214. The maximum absolute atomic E-state index is 13.2. The zero-order valence-electron chi connectivity index (χ0n) is 27.9. The lowest BCUT2D eigenvalue weighted by molar-refractivity contribution is -0.884. The molecule has 0 aromatic rings. The second-order valence-electron chi connectivity index (χ2n) is 15.5. The summed E-state index contributed by atoms with van der Waals surface area (Å²) in [6.45, 7) is 21.9. The number of nitrogens with one attached hydrogen (secondary N) is 2. The monoisotopic (exact) mass is 567 g/mol. The zero-order chi connectivity index (χ0) is 30.8. The number of quaternary nitrogens is 1. The second-order valence-corrected chi connectivity index (χ2v) is 15.5. The predicted molar refractivity (Wildman–Crippen MR) is 164 cm³/mol. The van der Waals surface area contributed by atoms with Crippen molar-refractivity contribution in [1.29, 1.82) is 0 Å². The Balaban J connectivity index is 2.50. The number of carbonyl (C=O) groups excluding carboxylic acids is 3. The van der Waals surface area contributed by atoms with Crippen LogP contribution in [0.3, 0.4) is 0 Å². The molecule has 0 aliphatic carbocycles. The van der Waals surface area contributed by atoms with Gasteiger partial charge in [-0.25, -0.2) is 0 Å². The third-order valence-corrected chi connectivity index (χ3v) is 7.90. The number of hydrogen-bond acceptors (Lipinski definition) is 4. The largest absolute Gasteiger partial charge is 0.377 e. The van der Waals surface area contributed by atoms with Gasteiger partial charge in [-0.3, -0.25) is 14.4 Å². The highest BCUT2D eigenvalue weighted by Crippen LogP contribution is 2.37. The Hall–Kier alpha value is -1.67. The Labute approximate surface area is 245 Å². The van der Waals surface area contributed by atoms with Crippen LogP contribution in [0.15, 0.2) is 0 Å². The highest BCUT2D eigenvalue weighted by Gasteiger charge is 2.36. The van der Waals surface area contributed by atoms with Crippen LogP contribution in [0.4, 0.5) is 0 Å². The van der Waals surface area contributed by atoms with Crippen molar-refractivity contribution >= 4 is 17.7 Å². The summed E-state index contributed by atoms with van der Waals surface area (Å²) in [5, 5.41) is 6.13. The van der Waals surface area contributed by atoms with E-state index in [-0.39, 0.29) is 52.7 Å². The van der Waals surface area contributed by atoms with Crippen molar-refractivity contribution in [2.75, 3.05) is 47.0 Å². The van der Waals surface area contributed by atoms with Gasteiger partial charge in [-0.15, -0.1) is 0 Å². The molecule has 3 amide bonds. The van der Waals surface area contributed by atoms with Crippen LogP contribution in [0.2, 0.25) is 0 Å². The van der Waals surface area contributed by atoms with Gasteiger partial charge in [0.25, 0.3) is 5.91 Å². The van der Waals surface area contributed by atoms with Crippen molar-refractivity contribution in [3.05, 3.63) is 0 Å². The molecule has 234 valence electrons. The molecule has 0 bridgehead atoms. The van der Waals surface area contributed by atoms with Gasteiger partial charge in [0, 0.05) is 25.9 Å². The highest BCUT2D eigenvalue weighted by molar-refractivity contribution is 5.78. The molecule has 1 rings (SSSR count). The first kappa shape index (κ1) is 36.4. The summed E-state index contributed by atoms with van der Waals surface area (Å²) < 4.78 is 6.19. The summed E-state index contributed by atoms with van der Waals surface area (Å²) in [6.07, 6.45) is 7.11. The predicted octanol–water partition coefficient (Wildman–Crippen LogP) is 5.11. The summed E-state index contributed by atoms with van der Waals surface area (Å²) >= 11 is 0. The van der Waals surface area contributed by atoms with Gasteiger partial charge in [0.2, 0.25) is 11.8 Å². The molecule has 1 aliphatic heterocycles. The summed E-state index contributed by atoms with van der Waals surface area (Å²) in [6, 6.07) is 0.178. The standard InChI is InChI=1S/C32H62N4O4/c1-12-16-30(4,5)17-15-27(37)34-24-36(10,11)20-28(38)33-23-32(8,9)22-31(6,7)19-29(39)35-18-13-14-26(35)21-40-25(2)3/h25-26H,12-24H2,1-11H3,(H-,33,34,37,38)/p+1. The molecule has 1 unspecified atom stereocenters. The fraction of sp³-hybridized carbons (Fsp3) is 0.906. The van der Waals surface area contributed by atoms with Crippen LogP contribution in [0.1, 0.15) is 114 Å². The molecule has 1 atom stereocenters. The highest BCUT2D eigenvalue weighted by atomic mass is 16.5. The zero-order valence-corrected chi connectivity index (χ0v) is 27.9. The van der Waals surface area contributed by atoms with Gasteiger partial charge in [-0.2, -0.15) is 0 Å². The van der Waals surface area contributed by atoms with Crippen LogP contribution >= 0.6 is 0 Å². The van der Waals surface area contributed by atoms with Gasteiger partial charge in [0.15, 0.2) is 13.2 Å². The lowest BCUT2D eigenvalue weighted by Gasteiger charge is -2.37. The molecule has 8 nitrogen and oxygen atoms in total. The van der Waals surface area contributed by atoms with Crippen LogP contribution in [0, 0.1) is 16.2 Å². The van der Waals surface area contributed by atoms with Crippen molar-refractivity contribution in [2.24, 2.45) is 16.2 Å². The fourth-order valence-electron chi connectivity index (χ4n) is 6.05. The average molecular weight is 568 g/mol. The fourth-order valence-corrected chi connectivity index (χ4v) is 6.05. The number of likely N-dealkylation sites (tertiary alicyclic amines) is 1. The van der Waals surface area contributed by atoms with Gasteiger partial charge in [0.1, 0.15) is 0 Å². The van der Waals surface area contributed by atoms with E-state index < -0.39 is 0 Å². The van der Waals surface area contributed by atoms with E-state index in [1.54, 1.807) is 0 Å². The normalized spacial score (nSPS) is 16.9. The number of hydrogen-bond donors (Lipinski definition) is 2. The molecule has 1 saturated heterocycles. The maximum atomic E-state index is 13.2. The van der Waals surface area contributed by atoms with Gasteiger partial charge in [0.05, 0.1) is 32.8 Å². The van der Waals surface area contributed by atoms with Gasteiger partial charge < -0.3 is 24.8 Å². The SMILES string of the molecule is CCCC(C)(C)CCC(=O)NC[N+](C)(C)CC(=O)NCC(C)(C)CC(C)(C)CC(=O)N1CCCC1COC(C)C. The first-order valence-electron chi connectivity index (χ1n) is 15.5. The number of amides is 3. The van der Waals surface area contributed by atoms with Crippen molar-refractivity contribution < 1.29 is 23.6 Å². The number of ether oxygens (including phenoxy) is 1. The molecule has 1 aliphatic rings. The maximum Gasteiger partial charge on any atom is 0.275 e. The third-order valence-electron chi connectivity index (χ3n) is 7.90. The molecule has 0 saturated carbocycles. The minimum absolute atomic E-state index is 0.0321. The lowest BCUT2D eigenvalue weighted by Crippen LogP contribution is -2.53. The molecule has 1 heterocycles. The third kappa shape index (κ3) is 14.8. The van der Waals surface area contributed by atoms with E-state index in [1.165, 1.54) is 0 Å². The molecule has 0 aromatic carbocycles. The minimum atomic E-state index is -0.192. The van der Waals surface area contributed by atoms with E-state index in [1.807, 2.05) is 32.8 Å². The Morgan fingerprint density at radius 3 is 2.20 bits per heavy atom. The van der Waals surface area contributed by atoms with Gasteiger partial charge in [-0.05, 0) is 62.2 Å². The topological polar surface area (TPSA) is 87.7 Å². The number of carbonyl (C=O) groups is 3. The van der Waals surface area contributed by atoms with Crippen molar-refractivity contribution in [3.63, 3.8) is 0 Å². The molecule has 40 heavy (non-hydrogen) atoms. The van der Waals surface area contributed by atoms with Crippen LogP contribution in [-0.2, 0) is 19.1 Å². The smallest absolute Gasteiger partial charge is 0.275 e. The number of likely N-dealkylation sites (N-methyl/N-ethyl adjacent to an activating group) is 1. The van der Waals surface area contributed by atoms with E-state index in [0.717, 1.165) is 45.1 Å². The first-order valence-corrected chi connectivity index (χ1v) is 15.5. The number of rotatable bonds is 18. The average Bonchev–Trinajstić information content (AvgIpc) is 3.27. The molecular formula is C32H63N4O4+. The van der Waals surface area contributed by atoms with Crippen LogP contribution in [-0.4, -0.2) is 86.3 Å². The molecule has 2 N–H and O–H groups in total. The van der Waals surface area contributed by atoms with Crippen LogP contribution < -0.4 is 10.6 Å². The van der Waals surface area contributed by atoms with E-state index in [0.29, 0.717) is 37.1 Å². The Morgan fingerprint density at radius 1 is 0.950 bits per heavy atom. The lowest BCUT2D eigenvalue weighted by atomic mass is 9.73. The summed E-state index contributed by atoms with van der Waals surface area (Å²) in [7, 11) is 3.91. The molecule has 1 fully saturated rings. The van der Waals surface area contributed by atoms with Crippen molar-refractivity contribution in [3.8, 4) is 0 Å². The summed E-state index contributed by atoms with van der Waals surface area (Å²) in [5.41, 5.74) is -0.187. The van der Waals surface area contributed by atoms with Crippen molar-refractivity contribution in [1.82, 2.24) is 15.5 Å². The second kappa shape index (κ2) is 15.5. The first-order chi connectivity index (χ1) is 18.3. The van der Waals surface area contributed by atoms with Gasteiger partial charge in [-0.1, -0.05) is 54.9 Å². The Bertz CT molecular complexity index is 820. The minimum Gasteiger partial charge on any atom is -0.377 e. The van der Waals surface area contributed by atoms with E-state index in [2.05, 4.69) is 59.1 Å². The Morgan fingerprint density at radius 2 is 1.60 bits per heavy atom. The summed E-state index contributed by atoms with van der Waals surface area (Å²) in [4.78, 5) is 40.5. The van der Waals surface area contributed by atoms with E-state index >= 15 is 0 Å². The molecule has 0 spiro atoms. The number of nitrogens with zero attached hydrogens (tertiary/aromatic N) is 2. The Kier molecular flexibility index (Phi) is 14.1. The van der Waals surface area contributed by atoms with E-state index in [9.17, 15) is 14.4 Å². The van der Waals surface area contributed by atoms with Crippen LogP contribution in [0.5, 0.6) is 0 Å². The quantitative estimate of drug-likeness (QED) is 0.178. The van der Waals surface area contributed by atoms with Crippen molar-refractivity contribution in [2.45, 2.75) is 126 Å².